The second-order valence-corrected chi connectivity index (χ2v) is 4.59. The molecule has 16 heavy (non-hydrogen) atoms. The van der Waals surface area contributed by atoms with E-state index in [1.54, 1.807) is 6.07 Å². The van der Waals surface area contributed by atoms with Crippen molar-refractivity contribution in [1.82, 2.24) is 4.90 Å². The first-order valence-corrected chi connectivity index (χ1v) is 5.89. The molecule has 1 aliphatic carbocycles. The van der Waals surface area contributed by atoms with Gasteiger partial charge in [0.2, 0.25) is 0 Å². The molecule has 3 heteroatoms. The van der Waals surface area contributed by atoms with Gasteiger partial charge in [0.1, 0.15) is 5.82 Å². The van der Waals surface area contributed by atoms with Gasteiger partial charge in [-0.1, -0.05) is 24.6 Å². The van der Waals surface area contributed by atoms with Crippen LogP contribution in [0.25, 0.3) is 0 Å². The summed E-state index contributed by atoms with van der Waals surface area (Å²) in [5, 5.41) is 0. The fourth-order valence-electron chi connectivity index (χ4n) is 2.14. The van der Waals surface area contributed by atoms with Crippen molar-refractivity contribution in [2.24, 2.45) is 5.73 Å². The Morgan fingerprint density at radius 1 is 1.38 bits per heavy atom. The number of benzene rings is 1. The molecule has 0 radical (unpaired) electrons. The van der Waals surface area contributed by atoms with Gasteiger partial charge in [-0.2, -0.15) is 0 Å². The predicted octanol–water partition coefficient (Wildman–Crippen LogP) is 2.27. The number of nitrogens with zero attached hydrogens (tertiary/aromatic N) is 1. The molecule has 1 saturated carbocycles. The zero-order chi connectivity index (χ0) is 11.5. The van der Waals surface area contributed by atoms with E-state index in [0.717, 1.165) is 5.56 Å². The zero-order valence-corrected chi connectivity index (χ0v) is 9.75. The van der Waals surface area contributed by atoms with Crippen LogP contribution in [0, 0.1) is 5.82 Å². The lowest BCUT2D eigenvalue weighted by molar-refractivity contribution is 0.151. The fourth-order valence-corrected chi connectivity index (χ4v) is 2.14. The maximum absolute atomic E-state index is 13.9. The second kappa shape index (κ2) is 4.93. The standard InChI is InChI=1S/C13H19FN2/c1-16(12-6-3-7-12)9-11-5-2-4-10(8-15)13(11)14/h2,4-5,12H,3,6-9,15H2,1H3. The molecule has 0 heterocycles. The lowest BCUT2D eigenvalue weighted by Crippen LogP contribution is -2.36. The van der Waals surface area contributed by atoms with E-state index in [2.05, 4.69) is 11.9 Å². The minimum absolute atomic E-state index is 0.129. The Morgan fingerprint density at radius 3 is 2.62 bits per heavy atom. The van der Waals surface area contributed by atoms with Gasteiger partial charge >= 0.3 is 0 Å². The van der Waals surface area contributed by atoms with Crippen molar-refractivity contribution >= 4 is 0 Å². The van der Waals surface area contributed by atoms with Gasteiger partial charge in [0, 0.05) is 30.3 Å². The van der Waals surface area contributed by atoms with Gasteiger partial charge in [-0.15, -0.1) is 0 Å². The first-order chi connectivity index (χ1) is 7.72. The van der Waals surface area contributed by atoms with Crippen LogP contribution in [0.3, 0.4) is 0 Å². The van der Waals surface area contributed by atoms with E-state index in [1.165, 1.54) is 19.3 Å². The topological polar surface area (TPSA) is 29.3 Å². The fraction of sp³-hybridized carbons (Fsp3) is 0.538. The third-order valence-corrected chi connectivity index (χ3v) is 3.50. The van der Waals surface area contributed by atoms with Crippen LogP contribution < -0.4 is 5.73 Å². The summed E-state index contributed by atoms with van der Waals surface area (Å²) >= 11 is 0. The first kappa shape index (κ1) is 11.6. The molecule has 1 aliphatic rings. The highest BCUT2D eigenvalue weighted by Gasteiger charge is 2.22. The van der Waals surface area contributed by atoms with Gasteiger partial charge in [-0.3, -0.25) is 4.90 Å². The quantitative estimate of drug-likeness (QED) is 0.846. The molecule has 0 atom stereocenters. The van der Waals surface area contributed by atoms with Gasteiger partial charge in [-0.25, -0.2) is 4.39 Å². The Labute approximate surface area is 96.2 Å². The van der Waals surface area contributed by atoms with Crippen molar-refractivity contribution < 1.29 is 4.39 Å². The van der Waals surface area contributed by atoms with Crippen LogP contribution in [-0.4, -0.2) is 18.0 Å². The van der Waals surface area contributed by atoms with E-state index >= 15 is 0 Å². The van der Waals surface area contributed by atoms with Crippen LogP contribution in [0.2, 0.25) is 0 Å². The Kier molecular flexibility index (Phi) is 3.56. The van der Waals surface area contributed by atoms with Gasteiger partial charge in [-0.05, 0) is 19.9 Å². The highest BCUT2D eigenvalue weighted by molar-refractivity contribution is 5.25. The van der Waals surface area contributed by atoms with Gasteiger partial charge in [0.25, 0.3) is 0 Å². The van der Waals surface area contributed by atoms with Crippen LogP contribution in [0.1, 0.15) is 30.4 Å². The predicted molar refractivity (Wildman–Crippen MR) is 63.4 cm³/mol. The molecule has 1 aromatic carbocycles. The summed E-state index contributed by atoms with van der Waals surface area (Å²) in [6.45, 7) is 0.956. The minimum atomic E-state index is -0.129. The molecule has 0 aliphatic heterocycles. The summed E-state index contributed by atoms with van der Waals surface area (Å²) in [6.07, 6.45) is 3.80. The number of nitrogens with two attached hydrogens (primary N) is 1. The Morgan fingerprint density at radius 2 is 2.06 bits per heavy atom. The summed E-state index contributed by atoms with van der Waals surface area (Å²) in [7, 11) is 2.07. The number of hydrogen-bond donors (Lipinski definition) is 1. The van der Waals surface area contributed by atoms with E-state index in [9.17, 15) is 4.39 Å². The molecular weight excluding hydrogens is 203 g/mol. The van der Waals surface area contributed by atoms with E-state index in [-0.39, 0.29) is 12.4 Å². The van der Waals surface area contributed by atoms with Crippen molar-refractivity contribution in [1.29, 1.82) is 0 Å². The van der Waals surface area contributed by atoms with Gasteiger partial charge in [0.05, 0.1) is 0 Å². The van der Waals surface area contributed by atoms with Gasteiger partial charge < -0.3 is 5.73 Å². The van der Waals surface area contributed by atoms with E-state index in [1.807, 2.05) is 12.1 Å². The zero-order valence-electron chi connectivity index (χ0n) is 9.75. The largest absolute Gasteiger partial charge is 0.326 e. The molecule has 0 amide bonds. The highest BCUT2D eigenvalue weighted by atomic mass is 19.1. The summed E-state index contributed by atoms with van der Waals surface area (Å²) in [4.78, 5) is 2.24. The van der Waals surface area contributed by atoms with E-state index in [0.29, 0.717) is 18.2 Å². The second-order valence-electron chi connectivity index (χ2n) is 4.59. The van der Waals surface area contributed by atoms with Gasteiger partial charge in [0.15, 0.2) is 0 Å². The molecule has 1 aromatic rings. The molecule has 0 unspecified atom stereocenters. The molecule has 1 fully saturated rings. The molecule has 0 saturated heterocycles. The third-order valence-electron chi connectivity index (χ3n) is 3.50. The highest BCUT2D eigenvalue weighted by Crippen LogP contribution is 2.25. The Balaban J connectivity index is 2.08. The first-order valence-electron chi connectivity index (χ1n) is 5.89. The molecular formula is C13H19FN2. The van der Waals surface area contributed by atoms with Crippen molar-refractivity contribution in [3.63, 3.8) is 0 Å². The summed E-state index contributed by atoms with van der Waals surface area (Å²) < 4.78 is 13.9. The SMILES string of the molecule is CN(Cc1cccc(CN)c1F)C1CCC1. The molecule has 0 spiro atoms. The van der Waals surface area contributed by atoms with Crippen LogP contribution in [-0.2, 0) is 13.1 Å². The molecule has 2 rings (SSSR count). The maximum atomic E-state index is 13.9. The van der Waals surface area contributed by atoms with Crippen molar-refractivity contribution in [2.75, 3.05) is 7.05 Å². The molecule has 0 aromatic heterocycles. The lowest BCUT2D eigenvalue weighted by Gasteiger charge is -2.34. The minimum Gasteiger partial charge on any atom is -0.326 e. The van der Waals surface area contributed by atoms with E-state index in [4.69, 9.17) is 5.73 Å². The number of halogens is 1. The normalized spacial score (nSPS) is 16.5. The van der Waals surface area contributed by atoms with Crippen LogP contribution in [0.4, 0.5) is 4.39 Å². The van der Waals surface area contributed by atoms with Crippen molar-refractivity contribution in [2.45, 2.75) is 38.4 Å². The summed E-state index contributed by atoms with van der Waals surface area (Å²) in [5.74, 6) is -0.129. The molecule has 88 valence electrons. The average Bonchev–Trinajstić information content (AvgIpc) is 2.18. The smallest absolute Gasteiger partial charge is 0.132 e. The summed E-state index contributed by atoms with van der Waals surface area (Å²) in [5.41, 5.74) is 6.87. The summed E-state index contributed by atoms with van der Waals surface area (Å²) in [6, 6.07) is 6.13. The Hall–Kier alpha value is -0.930. The van der Waals surface area contributed by atoms with Crippen molar-refractivity contribution in [3.05, 3.63) is 35.1 Å². The maximum Gasteiger partial charge on any atom is 0.132 e. The number of rotatable bonds is 4. The Bertz CT molecular complexity index is 361. The van der Waals surface area contributed by atoms with Crippen LogP contribution >= 0.6 is 0 Å². The average molecular weight is 222 g/mol. The molecule has 2 N–H and O–H groups in total. The molecule has 2 nitrogen and oxygen atoms in total. The third kappa shape index (κ3) is 2.25. The monoisotopic (exact) mass is 222 g/mol. The van der Waals surface area contributed by atoms with Crippen LogP contribution in [0.15, 0.2) is 18.2 Å². The number of hydrogen-bond acceptors (Lipinski definition) is 2. The van der Waals surface area contributed by atoms with E-state index < -0.39 is 0 Å². The van der Waals surface area contributed by atoms with Crippen molar-refractivity contribution in [3.8, 4) is 0 Å². The van der Waals surface area contributed by atoms with Crippen LogP contribution in [0.5, 0.6) is 0 Å². The molecule has 0 bridgehead atoms. The lowest BCUT2D eigenvalue weighted by atomic mass is 9.91.